The molecule has 1 amide bonds. The first-order chi connectivity index (χ1) is 21.6. The van der Waals surface area contributed by atoms with Crippen LogP contribution in [0.4, 0.5) is 28.2 Å². The number of benzene rings is 1. The van der Waals surface area contributed by atoms with E-state index in [4.69, 9.17) is 4.74 Å². The number of ether oxygens (including phenoxy) is 1. The van der Waals surface area contributed by atoms with E-state index in [2.05, 4.69) is 15.0 Å². The number of phenolic OH excluding ortho intramolecular Hbond substituents is 1. The largest absolute Gasteiger partial charge is 0.507 e. The fraction of sp³-hybridized carbons (Fsp3) is 0.406. The van der Waals surface area contributed by atoms with Gasteiger partial charge in [-0.1, -0.05) is 6.07 Å². The summed E-state index contributed by atoms with van der Waals surface area (Å²) in [5.41, 5.74) is -2.56. The summed E-state index contributed by atoms with van der Waals surface area (Å²) in [7, 11) is 0. The average Bonchev–Trinajstić information content (AvgIpc) is 3.60. The summed E-state index contributed by atoms with van der Waals surface area (Å²) in [5.74, 6) is -6.81. The van der Waals surface area contributed by atoms with E-state index < -0.39 is 70.3 Å². The number of fused-ring (bicyclic) bond motifs is 1. The molecule has 1 N–H and O–H groups in total. The van der Waals surface area contributed by atoms with Crippen LogP contribution in [-0.2, 0) is 4.74 Å². The maximum atomic E-state index is 15.9. The van der Waals surface area contributed by atoms with Crippen LogP contribution in [0.25, 0.3) is 28.0 Å². The zero-order chi connectivity index (χ0) is 33.3. The molecule has 1 aliphatic carbocycles. The minimum Gasteiger partial charge on any atom is -0.507 e. The molecule has 2 fully saturated rings. The number of hydrogen-bond acceptors (Lipinski definition) is 8. The Morgan fingerprint density at radius 2 is 1.83 bits per heavy atom. The second-order valence-electron chi connectivity index (χ2n) is 12.7. The van der Waals surface area contributed by atoms with Gasteiger partial charge in [-0.25, -0.2) is 36.7 Å². The molecule has 4 heterocycles. The van der Waals surface area contributed by atoms with Crippen LogP contribution in [0.2, 0.25) is 0 Å². The fourth-order valence-electron chi connectivity index (χ4n) is 5.84. The number of amides is 1. The van der Waals surface area contributed by atoms with Crippen molar-refractivity contribution in [3.05, 3.63) is 69.9 Å². The molecule has 14 heteroatoms. The Balaban J connectivity index is 1.56. The maximum absolute atomic E-state index is 15.9. The van der Waals surface area contributed by atoms with Gasteiger partial charge in [0.05, 0.1) is 28.2 Å². The molecule has 6 rings (SSSR count). The van der Waals surface area contributed by atoms with Gasteiger partial charge < -0.3 is 19.6 Å². The number of hydrogen-bond donors (Lipinski definition) is 1. The van der Waals surface area contributed by atoms with Crippen molar-refractivity contribution < 1.29 is 32.2 Å². The minimum atomic E-state index is -3.03. The van der Waals surface area contributed by atoms with E-state index >= 15 is 4.39 Å². The summed E-state index contributed by atoms with van der Waals surface area (Å²) < 4.78 is 66.1. The first-order valence-corrected chi connectivity index (χ1v) is 14.8. The first kappa shape index (κ1) is 31.2. The van der Waals surface area contributed by atoms with E-state index in [0.717, 1.165) is 16.7 Å². The second kappa shape index (κ2) is 11.0. The quantitative estimate of drug-likeness (QED) is 0.283. The SMILES string of the molecule is Cc1ccnc(C2CC2(F)F)c1-n1c(=O)nc(N2CCN(C(=O)OC(C)(C)C)C[C@@H]2C)c2cc(F)c(-c3c(O)cccc3F)nc21. The number of rotatable bonds is 4. The number of alkyl halides is 2. The number of pyridine rings is 2. The number of anilines is 1. The van der Waals surface area contributed by atoms with Gasteiger partial charge in [-0.2, -0.15) is 4.98 Å². The maximum Gasteiger partial charge on any atom is 0.410 e. The molecule has 242 valence electrons. The molecule has 10 nitrogen and oxygen atoms in total. The highest BCUT2D eigenvalue weighted by Gasteiger charge is 2.59. The third-order valence-electron chi connectivity index (χ3n) is 8.12. The van der Waals surface area contributed by atoms with Crippen LogP contribution in [0.15, 0.2) is 41.3 Å². The molecule has 2 aliphatic rings. The van der Waals surface area contributed by atoms with Crippen LogP contribution in [0, 0.1) is 18.6 Å². The number of carbonyl (C=O) groups is 1. The lowest BCUT2D eigenvalue weighted by atomic mass is 10.1. The van der Waals surface area contributed by atoms with Crippen molar-refractivity contribution >= 4 is 22.9 Å². The lowest BCUT2D eigenvalue weighted by molar-refractivity contribution is 0.0218. The standard InChI is InChI=1S/C32H32F4N6O4/c1-16-9-10-37-24(19-14-32(19,35)36)26(16)42-28-18(13-21(34)25(38-28)23-20(33)7-6-8-22(23)43)27(39-29(42)44)41-12-11-40(15-17(41)2)30(45)46-31(3,4)5/h6-10,13,17,19,43H,11-12,14-15H2,1-5H3/t17-,19?/m0/s1. The van der Waals surface area contributed by atoms with Crippen LogP contribution in [-0.4, -0.2) is 72.8 Å². The zero-order valence-electron chi connectivity index (χ0n) is 25.8. The van der Waals surface area contributed by atoms with Gasteiger partial charge in [-0.15, -0.1) is 0 Å². The van der Waals surface area contributed by atoms with Gasteiger partial charge in [-0.3, -0.25) is 4.98 Å². The molecule has 46 heavy (non-hydrogen) atoms. The highest BCUT2D eigenvalue weighted by molar-refractivity contribution is 5.91. The molecule has 1 aliphatic heterocycles. The Morgan fingerprint density at radius 3 is 2.46 bits per heavy atom. The topological polar surface area (TPSA) is 114 Å². The molecular weight excluding hydrogens is 608 g/mol. The third kappa shape index (κ3) is 5.49. The third-order valence-corrected chi connectivity index (χ3v) is 8.12. The van der Waals surface area contributed by atoms with Gasteiger partial charge >= 0.3 is 11.8 Å². The normalized spacial score (nSPS) is 19.4. The van der Waals surface area contributed by atoms with Gasteiger partial charge in [-0.05, 0) is 64.4 Å². The molecule has 1 saturated heterocycles. The number of aromatic hydroxyl groups is 1. The van der Waals surface area contributed by atoms with Gasteiger partial charge in [0.15, 0.2) is 11.5 Å². The van der Waals surface area contributed by atoms with Crippen molar-refractivity contribution in [2.75, 3.05) is 24.5 Å². The van der Waals surface area contributed by atoms with Crippen molar-refractivity contribution in [2.24, 2.45) is 0 Å². The number of aryl methyl sites for hydroxylation is 1. The molecule has 3 aromatic heterocycles. The molecule has 2 atom stereocenters. The van der Waals surface area contributed by atoms with E-state index in [1.54, 1.807) is 39.5 Å². The molecule has 4 aromatic rings. The molecule has 1 saturated carbocycles. The highest BCUT2D eigenvalue weighted by Crippen LogP contribution is 2.56. The molecule has 0 bridgehead atoms. The number of piperazine rings is 1. The van der Waals surface area contributed by atoms with Crippen molar-refractivity contribution in [3.63, 3.8) is 0 Å². The van der Waals surface area contributed by atoms with Crippen LogP contribution >= 0.6 is 0 Å². The van der Waals surface area contributed by atoms with E-state index in [1.807, 2.05) is 0 Å². The molecule has 0 spiro atoms. The van der Waals surface area contributed by atoms with Gasteiger partial charge in [0.25, 0.3) is 5.92 Å². The Kier molecular flexibility index (Phi) is 7.44. The summed E-state index contributed by atoms with van der Waals surface area (Å²) >= 11 is 0. The van der Waals surface area contributed by atoms with Crippen molar-refractivity contribution in [1.82, 2.24) is 24.4 Å². The minimum absolute atomic E-state index is 0.0179. The average molecular weight is 641 g/mol. The summed E-state index contributed by atoms with van der Waals surface area (Å²) in [6, 6.07) is 5.58. The molecule has 1 unspecified atom stereocenters. The van der Waals surface area contributed by atoms with Crippen LogP contribution in [0.3, 0.4) is 0 Å². The second-order valence-corrected chi connectivity index (χ2v) is 12.7. The van der Waals surface area contributed by atoms with Crippen LogP contribution < -0.4 is 10.6 Å². The van der Waals surface area contributed by atoms with E-state index in [0.29, 0.717) is 5.56 Å². The lowest BCUT2D eigenvalue weighted by Crippen LogP contribution is -2.55. The van der Waals surface area contributed by atoms with E-state index in [-0.39, 0.29) is 47.9 Å². The highest BCUT2D eigenvalue weighted by atomic mass is 19.3. The number of carbonyl (C=O) groups excluding carboxylic acids is 1. The smallest absolute Gasteiger partial charge is 0.410 e. The Labute approximate surface area is 261 Å². The number of nitrogens with zero attached hydrogens (tertiary/aromatic N) is 6. The van der Waals surface area contributed by atoms with Gasteiger partial charge in [0.2, 0.25) is 0 Å². The summed E-state index contributed by atoms with van der Waals surface area (Å²) in [4.78, 5) is 42.9. The number of aromatic nitrogens is 4. The van der Waals surface area contributed by atoms with Gasteiger partial charge in [0.1, 0.15) is 28.7 Å². The van der Waals surface area contributed by atoms with Crippen molar-refractivity contribution in [2.45, 2.75) is 64.5 Å². The lowest BCUT2D eigenvalue weighted by Gasteiger charge is -2.41. The van der Waals surface area contributed by atoms with Crippen molar-refractivity contribution in [3.8, 4) is 22.7 Å². The zero-order valence-corrected chi connectivity index (χ0v) is 25.8. The first-order valence-electron chi connectivity index (χ1n) is 14.8. The summed E-state index contributed by atoms with van der Waals surface area (Å²) in [6.07, 6.45) is 0.384. The molecular formula is C32H32F4N6O4. The summed E-state index contributed by atoms with van der Waals surface area (Å²) in [5, 5.41) is 10.5. The Hall–Kier alpha value is -4.75. The number of phenols is 1. The Morgan fingerprint density at radius 1 is 1.11 bits per heavy atom. The van der Waals surface area contributed by atoms with E-state index in [1.165, 1.54) is 29.3 Å². The predicted molar refractivity (Wildman–Crippen MR) is 162 cm³/mol. The summed E-state index contributed by atoms with van der Waals surface area (Å²) in [6.45, 7) is 9.26. The number of halogens is 4. The monoisotopic (exact) mass is 640 g/mol. The fourth-order valence-corrected chi connectivity index (χ4v) is 5.84. The van der Waals surface area contributed by atoms with Crippen LogP contribution in [0.5, 0.6) is 5.75 Å². The van der Waals surface area contributed by atoms with E-state index in [9.17, 15) is 27.9 Å². The predicted octanol–water partition coefficient (Wildman–Crippen LogP) is 5.70. The molecule has 0 radical (unpaired) electrons. The van der Waals surface area contributed by atoms with Crippen LogP contribution in [0.1, 0.15) is 51.3 Å². The van der Waals surface area contributed by atoms with Crippen molar-refractivity contribution in [1.29, 1.82) is 0 Å². The Bertz CT molecular complexity index is 1920. The van der Waals surface area contributed by atoms with Gasteiger partial charge in [0, 0.05) is 38.3 Å². The molecule has 1 aromatic carbocycles.